The summed E-state index contributed by atoms with van der Waals surface area (Å²) in [5.41, 5.74) is 0. The summed E-state index contributed by atoms with van der Waals surface area (Å²) in [7, 11) is 1.33. The minimum Gasteiger partial charge on any atom is -0.469 e. The summed E-state index contributed by atoms with van der Waals surface area (Å²) in [6, 6.07) is 0. The Morgan fingerprint density at radius 2 is 1.79 bits per heavy atom. The highest BCUT2D eigenvalue weighted by atomic mass is 16.5. The molecule has 0 rings (SSSR count). The van der Waals surface area contributed by atoms with Gasteiger partial charge in [-0.25, -0.2) is 0 Å². The zero-order valence-electron chi connectivity index (χ0n) is 9.37. The molecule has 1 atom stereocenters. The quantitative estimate of drug-likeness (QED) is 0.625. The van der Waals surface area contributed by atoms with Crippen LogP contribution in [0.1, 0.15) is 27.2 Å². The van der Waals surface area contributed by atoms with E-state index in [4.69, 9.17) is 0 Å². The standard InChI is InChI=1S/C10H19NO3/c1-5-11(6-2)9(12)7-8(3)10(13)14-4/h8H,5-7H2,1-4H3. The van der Waals surface area contributed by atoms with Crippen molar-refractivity contribution in [2.45, 2.75) is 27.2 Å². The highest BCUT2D eigenvalue weighted by molar-refractivity contribution is 5.82. The Morgan fingerprint density at radius 1 is 1.29 bits per heavy atom. The average Bonchev–Trinajstić information content (AvgIpc) is 2.18. The Morgan fingerprint density at radius 3 is 2.14 bits per heavy atom. The Bertz CT molecular complexity index is 200. The third-order valence-electron chi connectivity index (χ3n) is 2.20. The van der Waals surface area contributed by atoms with Gasteiger partial charge in [-0.2, -0.15) is 0 Å². The summed E-state index contributed by atoms with van der Waals surface area (Å²) >= 11 is 0. The number of methoxy groups -OCH3 is 1. The molecule has 1 amide bonds. The van der Waals surface area contributed by atoms with Gasteiger partial charge < -0.3 is 9.64 Å². The Hall–Kier alpha value is -1.06. The fourth-order valence-corrected chi connectivity index (χ4v) is 1.25. The SMILES string of the molecule is CCN(CC)C(=O)CC(C)C(=O)OC. The van der Waals surface area contributed by atoms with E-state index in [1.807, 2.05) is 13.8 Å². The zero-order valence-corrected chi connectivity index (χ0v) is 9.37. The lowest BCUT2D eigenvalue weighted by atomic mass is 10.1. The van der Waals surface area contributed by atoms with Crippen molar-refractivity contribution in [2.75, 3.05) is 20.2 Å². The van der Waals surface area contributed by atoms with Crippen LogP contribution in [0.15, 0.2) is 0 Å². The Labute approximate surface area is 85.2 Å². The van der Waals surface area contributed by atoms with Crippen LogP contribution in [0.3, 0.4) is 0 Å². The number of ether oxygens (including phenoxy) is 1. The molecule has 0 aromatic heterocycles. The van der Waals surface area contributed by atoms with Gasteiger partial charge in [-0.3, -0.25) is 9.59 Å². The second-order valence-electron chi connectivity index (χ2n) is 3.19. The maximum atomic E-state index is 11.6. The number of carbonyl (C=O) groups excluding carboxylic acids is 2. The van der Waals surface area contributed by atoms with Crippen LogP contribution in [0.4, 0.5) is 0 Å². The molecule has 0 aromatic carbocycles. The summed E-state index contributed by atoms with van der Waals surface area (Å²) in [5, 5.41) is 0. The van der Waals surface area contributed by atoms with Crippen LogP contribution in [-0.4, -0.2) is 37.0 Å². The van der Waals surface area contributed by atoms with E-state index in [0.29, 0.717) is 13.1 Å². The fourth-order valence-electron chi connectivity index (χ4n) is 1.25. The molecule has 0 aromatic rings. The molecule has 0 bridgehead atoms. The van der Waals surface area contributed by atoms with Gasteiger partial charge in [-0.1, -0.05) is 6.92 Å². The first-order valence-electron chi connectivity index (χ1n) is 4.92. The van der Waals surface area contributed by atoms with E-state index in [1.165, 1.54) is 7.11 Å². The van der Waals surface area contributed by atoms with Crippen molar-refractivity contribution in [3.8, 4) is 0 Å². The van der Waals surface area contributed by atoms with Crippen molar-refractivity contribution in [3.63, 3.8) is 0 Å². The zero-order chi connectivity index (χ0) is 11.1. The number of amides is 1. The maximum absolute atomic E-state index is 11.6. The molecule has 0 aliphatic heterocycles. The predicted octanol–water partition coefficient (Wildman–Crippen LogP) is 1.05. The molecule has 0 spiro atoms. The van der Waals surface area contributed by atoms with Crippen molar-refractivity contribution >= 4 is 11.9 Å². The van der Waals surface area contributed by atoms with Gasteiger partial charge in [0.1, 0.15) is 0 Å². The van der Waals surface area contributed by atoms with Gasteiger partial charge in [0, 0.05) is 19.5 Å². The lowest BCUT2D eigenvalue weighted by Crippen LogP contribution is -2.32. The van der Waals surface area contributed by atoms with Gasteiger partial charge in [-0.15, -0.1) is 0 Å². The molecule has 0 saturated heterocycles. The van der Waals surface area contributed by atoms with E-state index < -0.39 is 0 Å². The first-order chi connectivity index (χ1) is 6.56. The molecule has 4 heteroatoms. The molecule has 0 radical (unpaired) electrons. The molecule has 4 nitrogen and oxygen atoms in total. The molecule has 0 N–H and O–H groups in total. The summed E-state index contributed by atoms with van der Waals surface area (Å²) in [4.78, 5) is 24.3. The van der Waals surface area contributed by atoms with Gasteiger partial charge in [-0.05, 0) is 13.8 Å². The van der Waals surface area contributed by atoms with Crippen molar-refractivity contribution in [1.29, 1.82) is 0 Å². The third kappa shape index (κ3) is 3.77. The van der Waals surface area contributed by atoms with Crippen LogP contribution in [0.5, 0.6) is 0 Å². The lowest BCUT2D eigenvalue weighted by molar-refractivity contribution is -0.148. The Kier molecular flexibility index (Phi) is 5.92. The van der Waals surface area contributed by atoms with Crippen LogP contribution in [0.25, 0.3) is 0 Å². The second-order valence-corrected chi connectivity index (χ2v) is 3.19. The number of rotatable bonds is 5. The van der Waals surface area contributed by atoms with Crippen molar-refractivity contribution < 1.29 is 14.3 Å². The maximum Gasteiger partial charge on any atom is 0.308 e. The second kappa shape index (κ2) is 6.40. The van der Waals surface area contributed by atoms with Crippen LogP contribution < -0.4 is 0 Å². The smallest absolute Gasteiger partial charge is 0.308 e. The van der Waals surface area contributed by atoms with Gasteiger partial charge in [0.2, 0.25) is 5.91 Å². The topological polar surface area (TPSA) is 46.6 Å². The van der Waals surface area contributed by atoms with Gasteiger partial charge in [0.25, 0.3) is 0 Å². The Balaban J connectivity index is 4.10. The van der Waals surface area contributed by atoms with E-state index in [-0.39, 0.29) is 24.2 Å². The fraction of sp³-hybridized carbons (Fsp3) is 0.800. The van der Waals surface area contributed by atoms with E-state index in [0.717, 1.165) is 0 Å². The number of esters is 1. The number of carbonyl (C=O) groups is 2. The minimum atomic E-state index is -0.354. The van der Waals surface area contributed by atoms with E-state index in [1.54, 1.807) is 11.8 Å². The van der Waals surface area contributed by atoms with Crippen LogP contribution in [-0.2, 0) is 14.3 Å². The average molecular weight is 201 g/mol. The van der Waals surface area contributed by atoms with E-state index >= 15 is 0 Å². The van der Waals surface area contributed by atoms with Crippen LogP contribution in [0, 0.1) is 5.92 Å². The highest BCUT2D eigenvalue weighted by Gasteiger charge is 2.19. The summed E-state index contributed by atoms with van der Waals surface area (Å²) in [6.07, 6.45) is 0.231. The molecule has 0 aliphatic rings. The van der Waals surface area contributed by atoms with Crippen molar-refractivity contribution in [2.24, 2.45) is 5.92 Å². The lowest BCUT2D eigenvalue weighted by Gasteiger charge is -2.19. The van der Waals surface area contributed by atoms with E-state index in [2.05, 4.69) is 4.74 Å². The first kappa shape index (κ1) is 12.9. The minimum absolute atomic E-state index is 0.00731. The molecule has 0 saturated carbocycles. The summed E-state index contributed by atoms with van der Waals surface area (Å²) < 4.78 is 4.55. The van der Waals surface area contributed by atoms with Gasteiger partial charge >= 0.3 is 5.97 Å². The van der Waals surface area contributed by atoms with E-state index in [9.17, 15) is 9.59 Å². The number of nitrogens with zero attached hydrogens (tertiary/aromatic N) is 1. The number of hydrogen-bond donors (Lipinski definition) is 0. The molecular formula is C10H19NO3. The van der Waals surface area contributed by atoms with Crippen LogP contribution >= 0.6 is 0 Å². The highest BCUT2D eigenvalue weighted by Crippen LogP contribution is 2.07. The first-order valence-corrected chi connectivity index (χ1v) is 4.92. The molecule has 1 unspecified atom stereocenters. The monoisotopic (exact) mass is 201 g/mol. The molecule has 82 valence electrons. The van der Waals surface area contributed by atoms with Crippen LogP contribution in [0.2, 0.25) is 0 Å². The van der Waals surface area contributed by atoms with Crippen molar-refractivity contribution in [3.05, 3.63) is 0 Å². The molecule has 0 aliphatic carbocycles. The van der Waals surface area contributed by atoms with Gasteiger partial charge in [0.15, 0.2) is 0 Å². The normalized spacial score (nSPS) is 12.0. The largest absolute Gasteiger partial charge is 0.469 e. The molecular weight excluding hydrogens is 182 g/mol. The predicted molar refractivity (Wildman–Crippen MR) is 53.7 cm³/mol. The summed E-state index contributed by atoms with van der Waals surface area (Å²) in [6.45, 7) is 6.91. The molecule has 0 fully saturated rings. The summed E-state index contributed by atoms with van der Waals surface area (Å²) in [5.74, 6) is -0.675. The number of hydrogen-bond acceptors (Lipinski definition) is 3. The molecule has 0 heterocycles. The van der Waals surface area contributed by atoms with Gasteiger partial charge in [0.05, 0.1) is 13.0 Å². The molecule has 14 heavy (non-hydrogen) atoms. The van der Waals surface area contributed by atoms with Crippen molar-refractivity contribution in [1.82, 2.24) is 4.90 Å². The third-order valence-corrected chi connectivity index (χ3v) is 2.20.